The Labute approximate surface area is 176 Å². The second-order valence-corrected chi connectivity index (χ2v) is 6.89. The van der Waals surface area contributed by atoms with E-state index in [1.807, 2.05) is 4.90 Å². The molecule has 1 saturated heterocycles. The number of nitro benzene ring substituents is 1. The van der Waals surface area contributed by atoms with Crippen molar-refractivity contribution in [2.24, 2.45) is 0 Å². The van der Waals surface area contributed by atoms with Crippen molar-refractivity contribution in [1.82, 2.24) is 9.80 Å². The average molecular weight is 434 g/mol. The van der Waals surface area contributed by atoms with Gasteiger partial charge in [-0.25, -0.2) is 8.78 Å². The molecule has 1 N–H and O–H groups in total. The van der Waals surface area contributed by atoms with Crippen molar-refractivity contribution in [3.05, 3.63) is 63.7 Å². The number of piperazine rings is 1. The summed E-state index contributed by atoms with van der Waals surface area (Å²) in [6.45, 7) is 1.53. The van der Waals surface area contributed by atoms with E-state index in [1.165, 1.54) is 36.3 Å². The predicted octanol–water partition coefficient (Wildman–Crippen LogP) is 2.28. The quantitative estimate of drug-likeness (QED) is 0.553. The molecule has 0 aromatic heterocycles. The molecule has 1 heterocycles. The highest BCUT2D eigenvalue weighted by Gasteiger charge is 2.24. The van der Waals surface area contributed by atoms with Gasteiger partial charge in [-0.3, -0.25) is 24.6 Å². The third-order valence-corrected chi connectivity index (χ3v) is 4.86. The number of hydrogen-bond donors (Lipinski definition) is 1. The number of carbonyl (C=O) groups is 2. The van der Waals surface area contributed by atoms with Crippen molar-refractivity contribution < 1.29 is 28.0 Å². The van der Waals surface area contributed by atoms with Gasteiger partial charge in [0.15, 0.2) is 11.6 Å². The largest absolute Gasteiger partial charge is 0.494 e. The SMILES string of the molecule is COc1cc([N+](=O)[O-])ccc1NC(=O)CN1CCN(C(=O)c2ccc(F)c(F)c2)CC1. The molecule has 2 aromatic carbocycles. The summed E-state index contributed by atoms with van der Waals surface area (Å²) in [6, 6.07) is 6.90. The normalized spacial score (nSPS) is 14.2. The third-order valence-electron chi connectivity index (χ3n) is 4.86. The topological polar surface area (TPSA) is 105 Å². The summed E-state index contributed by atoms with van der Waals surface area (Å²) in [5, 5.41) is 13.5. The molecule has 1 aliphatic heterocycles. The van der Waals surface area contributed by atoms with Crippen LogP contribution in [0.4, 0.5) is 20.2 Å². The van der Waals surface area contributed by atoms with Crippen molar-refractivity contribution in [2.45, 2.75) is 0 Å². The Morgan fingerprint density at radius 1 is 1.10 bits per heavy atom. The summed E-state index contributed by atoms with van der Waals surface area (Å²) in [5.74, 6) is -2.67. The Morgan fingerprint density at radius 3 is 2.42 bits per heavy atom. The summed E-state index contributed by atoms with van der Waals surface area (Å²) >= 11 is 0. The van der Waals surface area contributed by atoms with Crippen molar-refractivity contribution in [3.8, 4) is 5.75 Å². The lowest BCUT2D eigenvalue weighted by Gasteiger charge is -2.34. The van der Waals surface area contributed by atoms with Crippen LogP contribution in [0.15, 0.2) is 36.4 Å². The van der Waals surface area contributed by atoms with E-state index < -0.39 is 22.5 Å². The molecule has 0 saturated carbocycles. The standard InChI is InChI=1S/C20H20F2N4O5/c1-31-18-11-14(26(29)30)3-5-17(18)23-19(27)12-24-6-8-25(9-7-24)20(28)13-2-4-15(21)16(22)10-13/h2-5,10-11H,6-9,12H2,1H3,(H,23,27). The average Bonchev–Trinajstić information content (AvgIpc) is 2.75. The smallest absolute Gasteiger partial charge is 0.273 e. The number of nitro groups is 1. The van der Waals surface area contributed by atoms with Gasteiger partial charge in [0.05, 0.1) is 30.3 Å². The monoisotopic (exact) mass is 434 g/mol. The highest BCUT2D eigenvalue weighted by atomic mass is 19.2. The molecule has 2 amide bonds. The molecule has 0 unspecified atom stereocenters. The van der Waals surface area contributed by atoms with Crippen LogP contribution in [-0.4, -0.2) is 66.4 Å². The first-order valence-corrected chi connectivity index (χ1v) is 9.37. The molecule has 0 spiro atoms. The van der Waals surface area contributed by atoms with Crippen molar-refractivity contribution in [1.29, 1.82) is 0 Å². The van der Waals surface area contributed by atoms with Crippen molar-refractivity contribution in [3.63, 3.8) is 0 Å². The molecule has 1 fully saturated rings. The molecule has 9 nitrogen and oxygen atoms in total. The van der Waals surface area contributed by atoms with E-state index in [1.54, 1.807) is 0 Å². The van der Waals surface area contributed by atoms with Crippen LogP contribution >= 0.6 is 0 Å². The highest BCUT2D eigenvalue weighted by molar-refractivity contribution is 5.95. The summed E-state index contributed by atoms with van der Waals surface area (Å²) in [5.41, 5.74) is 0.220. The summed E-state index contributed by atoms with van der Waals surface area (Å²) in [4.78, 5) is 38.5. The second kappa shape index (κ2) is 9.47. The molecule has 0 bridgehead atoms. The maximum absolute atomic E-state index is 13.4. The number of methoxy groups -OCH3 is 1. The number of nitrogens with one attached hydrogen (secondary N) is 1. The van der Waals surface area contributed by atoms with Crippen LogP contribution in [0.25, 0.3) is 0 Å². The molecule has 0 radical (unpaired) electrons. The number of rotatable bonds is 6. The fraction of sp³-hybridized carbons (Fsp3) is 0.300. The number of anilines is 1. The molecule has 31 heavy (non-hydrogen) atoms. The Bertz CT molecular complexity index is 1010. The zero-order valence-electron chi connectivity index (χ0n) is 16.6. The van der Waals surface area contributed by atoms with E-state index in [2.05, 4.69) is 5.32 Å². The minimum absolute atomic E-state index is 0.0490. The van der Waals surface area contributed by atoms with Crippen LogP contribution in [0.1, 0.15) is 10.4 Å². The molecule has 11 heteroatoms. The lowest BCUT2D eigenvalue weighted by Crippen LogP contribution is -2.50. The summed E-state index contributed by atoms with van der Waals surface area (Å²) in [6.07, 6.45) is 0. The molecule has 3 rings (SSSR count). The number of halogens is 2. The first-order valence-electron chi connectivity index (χ1n) is 9.37. The number of benzene rings is 2. The Kier molecular flexibility index (Phi) is 6.75. The molecule has 0 aliphatic carbocycles. The number of hydrogen-bond acceptors (Lipinski definition) is 6. The van der Waals surface area contributed by atoms with Crippen molar-refractivity contribution >= 4 is 23.2 Å². The zero-order chi connectivity index (χ0) is 22.5. The number of nitrogens with zero attached hydrogens (tertiary/aromatic N) is 3. The van der Waals surface area contributed by atoms with E-state index in [-0.39, 0.29) is 29.5 Å². The third kappa shape index (κ3) is 5.31. The van der Waals surface area contributed by atoms with Gasteiger partial charge < -0.3 is 15.0 Å². The summed E-state index contributed by atoms with van der Waals surface area (Å²) < 4.78 is 31.5. The van der Waals surface area contributed by atoms with Gasteiger partial charge >= 0.3 is 0 Å². The number of ether oxygens (including phenoxy) is 1. The Morgan fingerprint density at radius 2 is 1.81 bits per heavy atom. The zero-order valence-corrected chi connectivity index (χ0v) is 16.6. The van der Waals surface area contributed by atoms with Gasteiger partial charge in [0.25, 0.3) is 11.6 Å². The van der Waals surface area contributed by atoms with Gasteiger partial charge in [-0.05, 0) is 24.3 Å². The fourth-order valence-electron chi connectivity index (χ4n) is 3.21. The maximum Gasteiger partial charge on any atom is 0.273 e. The van der Waals surface area contributed by atoms with Crippen LogP contribution in [0, 0.1) is 21.7 Å². The molecule has 0 atom stereocenters. The van der Waals surface area contributed by atoms with Gasteiger partial charge in [-0.15, -0.1) is 0 Å². The van der Waals surface area contributed by atoms with Gasteiger partial charge in [-0.2, -0.15) is 0 Å². The van der Waals surface area contributed by atoms with Crippen LogP contribution in [-0.2, 0) is 4.79 Å². The van der Waals surface area contributed by atoms with Crippen LogP contribution < -0.4 is 10.1 Å². The second-order valence-electron chi connectivity index (χ2n) is 6.89. The lowest BCUT2D eigenvalue weighted by atomic mass is 10.1. The molecule has 164 valence electrons. The maximum atomic E-state index is 13.4. The number of amides is 2. The fourth-order valence-corrected chi connectivity index (χ4v) is 3.21. The van der Waals surface area contributed by atoms with Gasteiger partial charge in [0.2, 0.25) is 5.91 Å². The van der Waals surface area contributed by atoms with E-state index in [0.717, 1.165) is 12.1 Å². The van der Waals surface area contributed by atoms with Crippen LogP contribution in [0.3, 0.4) is 0 Å². The number of carbonyl (C=O) groups excluding carboxylic acids is 2. The molecular formula is C20H20F2N4O5. The van der Waals surface area contributed by atoms with E-state index in [0.29, 0.717) is 31.9 Å². The van der Waals surface area contributed by atoms with Gasteiger partial charge in [-0.1, -0.05) is 0 Å². The lowest BCUT2D eigenvalue weighted by molar-refractivity contribution is -0.384. The van der Waals surface area contributed by atoms with Gasteiger partial charge in [0, 0.05) is 37.8 Å². The Hall–Kier alpha value is -3.60. The molecule has 1 aliphatic rings. The molecule has 2 aromatic rings. The highest BCUT2D eigenvalue weighted by Crippen LogP contribution is 2.29. The Balaban J connectivity index is 1.54. The minimum atomic E-state index is -1.08. The molecular weight excluding hydrogens is 414 g/mol. The van der Waals surface area contributed by atoms with E-state index in [9.17, 15) is 28.5 Å². The number of non-ortho nitro benzene ring substituents is 1. The van der Waals surface area contributed by atoms with Crippen LogP contribution in [0.2, 0.25) is 0 Å². The van der Waals surface area contributed by atoms with Gasteiger partial charge in [0.1, 0.15) is 5.75 Å². The first kappa shape index (κ1) is 22.1. The van der Waals surface area contributed by atoms with Crippen molar-refractivity contribution in [2.75, 3.05) is 45.2 Å². The van der Waals surface area contributed by atoms with Crippen LogP contribution in [0.5, 0.6) is 5.75 Å². The van der Waals surface area contributed by atoms with E-state index in [4.69, 9.17) is 4.74 Å². The van der Waals surface area contributed by atoms with E-state index >= 15 is 0 Å². The predicted molar refractivity (Wildman–Crippen MR) is 107 cm³/mol. The first-order chi connectivity index (χ1) is 14.8. The summed E-state index contributed by atoms with van der Waals surface area (Å²) in [7, 11) is 1.35. The minimum Gasteiger partial charge on any atom is -0.494 e.